The predicted octanol–water partition coefficient (Wildman–Crippen LogP) is 7.20. The lowest BCUT2D eigenvalue weighted by Crippen LogP contribution is -2.69. The summed E-state index contributed by atoms with van der Waals surface area (Å²) in [5, 5.41) is 11.5. The summed E-state index contributed by atoms with van der Waals surface area (Å²) >= 11 is 0. The van der Waals surface area contributed by atoms with Gasteiger partial charge in [0.2, 0.25) is 0 Å². The molecule has 1 N–H and O–H groups in total. The second kappa shape index (κ2) is 6.73. The van der Waals surface area contributed by atoms with Crippen molar-refractivity contribution in [2.75, 3.05) is 0 Å². The topological polar surface area (TPSA) is 37.3 Å². The van der Waals surface area contributed by atoms with E-state index in [9.17, 15) is 9.90 Å². The van der Waals surface area contributed by atoms with Crippen LogP contribution in [0.15, 0.2) is 12.2 Å². The lowest BCUT2D eigenvalue weighted by Gasteiger charge is -2.72. The molecule has 2 nitrogen and oxygen atoms in total. The van der Waals surface area contributed by atoms with Gasteiger partial charge in [-0.05, 0) is 104 Å². The number of hydrogen-bond acceptors (Lipinski definition) is 2. The minimum atomic E-state index is -0.485. The van der Waals surface area contributed by atoms with Gasteiger partial charge in [-0.25, -0.2) is 0 Å². The zero-order valence-corrected chi connectivity index (χ0v) is 21.9. The lowest BCUT2D eigenvalue weighted by atomic mass is 9.32. The van der Waals surface area contributed by atoms with Crippen LogP contribution in [0.5, 0.6) is 0 Å². The van der Waals surface area contributed by atoms with Crippen LogP contribution in [0.1, 0.15) is 106 Å². The maximum absolute atomic E-state index is 12.9. The largest absolute Gasteiger partial charge is 0.392 e. The second-order valence-electron chi connectivity index (χ2n) is 14.6. The van der Waals surface area contributed by atoms with Crippen molar-refractivity contribution in [1.82, 2.24) is 0 Å². The number of Topliss-reactive ketones (excluding diaryl/α,β-unsaturated/α-hetero) is 1. The number of carbonyl (C=O) groups is 1. The number of ketones is 1. The Kier molecular flexibility index (Phi) is 4.87. The second-order valence-corrected chi connectivity index (χ2v) is 14.6. The van der Waals surface area contributed by atoms with Crippen LogP contribution in [0.25, 0.3) is 0 Å². The van der Waals surface area contributed by atoms with Crippen molar-refractivity contribution in [2.45, 2.75) is 112 Å². The van der Waals surface area contributed by atoms with Crippen molar-refractivity contribution in [1.29, 1.82) is 0 Å². The zero-order valence-electron chi connectivity index (χ0n) is 21.9. The van der Waals surface area contributed by atoms with Gasteiger partial charge in [-0.3, -0.25) is 4.79 Å². The molecule has 0 aromatic heterocycles. The summed E-state index contributed by atoms with van der Waals surface area (Å²) in [4.78, 5) is 12.9. The van der Waals surface area contributed by atoms with Gasteiger partial charge in [0.25, 0.3) is 0 Å². The minimum absolute atomic E-state index is 0.150. The van der Waals surface area contributed by atoms with Gasteiger partial charge in [0.1, 0.15) is 5.78 Å². The summed E-state index contributed by atoms with van der Waals surface area (Å²) in [5.74, 6) is 3.31. The Balaban J connectivity index is 1.57. The SMILES string of the molecule is C=C(C)[C@@H]1CC[C@]2(C)CC[C@]3(C)[C@H](CC[C@@H]4[C@@]5(C)[C@H](O)CC(=O)C(C)(C)[C@H]5CC[C@]43C)[C@@H]12. The number of aliphatic hydroxyl groups is 1. The van der Waals surface area contributed by atoms with Crippen LogP contribution < -0.4 is 0 Å². The third kappa shape index (κ3) is 2.55. The Hall–Kier alpha value is -0.630. The molecule has 0 aromatic carbocycles. The van der Waals surface area contributed by atoms with E-state index >= 15 is 0 Å². The van der Waals surface area contributed by atoms with E-state index in [0.29, 0.717) is 35.0 Å². The van der Waals surface area contributed by atoms with Crippen molar-refractivity contribution < 1.29 is 9.90 Å². The predicted molar refractivity (Wildman–Crippen MR) is 131 cm³/mol. The quantitative estimate of drug-likeness (QED) is 0.438. The number of aliphatic hydroxyl groups excluding tert-OH is 1. The highest BCUT2D eigenvalue weighted by atomic mass is 16.3. The van der Waals surface area contributed by atoms with Crippen molar-refractivity contribution in [3.05, 3.63) is 12.2 Å². The zero-order chi connectivity index (χ0) is 23.5. The number of allylic oxidation sites excluding steroid dienone is 1. The monoisotopic (exact) mass is 440 g/mol. The van der Waals surface area contributed by atoms with Crippen LogP contribution in [-0.4, -0.2) is 17.0 Å². The van der Waals surface area contributed by atoms with Gasteiger partial charge in [0.15, 0.2) is 0 Å². The van der Waals surface area contributed by atoms with E-state index < -0.39 is 6.10 Å². The summed E-state index contributed by atoms with van der Waals surface area (Å²) in [6.07, 6.45) is 10.1. The molecule has 0 spiro atoms. The summed E-state index contributed by atoms with van der Waals surface area (Å²) in [7, 11) is 0. The Morgan fingerprint density at radius 1 is 0.875 bits per heavy atom. The van der Waals surface area contributed by atoms with E-state index in [-0.39, 0.29) is 22.0 Å². The van der Waals surface area contributed by atoms with Gasteiger partial charge in [0, 0.05) is 17.3 Å². The third-order valence-electron chi connectivity index (χ3n) is 13.3. The first-order chi connectivity index (χ1) is 14.7. The fourth-order valence-corrected chi connectivity index (χ4v) is 11.2. The fourth-order valence-electron chi connectivity index (χ4n) is 11.2. The standard InChI is InChI=1S/C30H48O2/c1-18(2)19-11-13-27(5)15-16-28(6)20(25(19)27)9-10-22-29(28,7)14-12-21-26(3,4)23(31)17-24(32)30(21,22)8/h19-22,24-25,32H,1,9-17H2,2-8H3/t19-,20+,21+,22-,24+,25+,27+,28+,29+,30-/m0/s1. The molecule has 5 aliphatic carbocycles. The van der Waals surface area contributed by atoms with E-state index in [1.165, 1.54) is 50.5 Å². The molecule has 5 saturated carbocycles. The summed E-state index contributed by atoms with van der Waals surface area (Å²) in [5.41, 5.74) is 1.99. The van der Waals surface area contributed by atoms with Crippen LogP contribution in [0.4, 0.5) is 0 Å². The summed E-state index contributed by atoms with van der Waals surface area (Å²) in [6, 6.07) is 0. The van der Waals surface area contributed by atoms with Gasteiger partial charge < -0.3 is 5.11 Å². The first-order valence-electron chi connectivity index (χ1n) is 13.6. The van der Waals surface area contributed by atoms with Crippen LogP contribution in [0.2, 0.25) is 0 Å². The smallest absolute Gasteiger partial charge is 0.141 e. The molecule has 0 bridgehead atoms. The van der Waals surface area contributed by atoms with Crippen LogP contribution in [0.3, 0.4) is 0 Å². The molecular weight excluding hydrogens is 392 g/mol. The third-order valence-corrected chi connectivity index (χ3v) is 13.3. The van der Waals surface area contributed by atoms with Gasteiger partial charge >= 0.3 is 0 Å². The number of fused-ring (bicyclic) bond motifs is 7. The summed E-state index contributed by atoms with van der Waals surface area (Å²) in [6.45, 7) is 21.3. The molecular formula is C30H48O2. The van der Waals surface area contributed by atoms with E-state index in [2.05, 4.69) is 55.0 Å². The first kappa shape index (κ1) is 23.1. The Labute approximate surface area is 197 Å². The van der Waals surface area contributed by atoms with Crippen molar-refractivity contribution >= 4 is 5.78 Å². The molecule has 0 heterocycles. The molecule has 0 aromatic rings. The average Bonchev–Trinajstić information content (AvgIpc) is 3.05. The van der Waals surface area contributed by atoms with Crippen LogP contribution in [0, 0.1) is 56.7 Å². The van der Waals surface area contributed by atoms with Crippen molar-refractivity contribution in [2.24, 2.45) is 56.7 Å². The molecule has 10 atom stereocenters. The van der Waals surface area contributed by atoms with E-state index in [4.69, 9.17) is 0 Å². The van der Waals surface area contributed by atoms with Gasteiger partial charge in [-0.1, -0.05) is 53.7 Å². The van der Waals surface area contributed by atoms with Gasteiger partial charge in [-0.2, -0.15) is 0 Å². The van der Waals surface area contributed by atoms with E-state index in [1.54, 1.807) is 0 Å². The fraction of sp³-hybridized carbons (Fsp3) is 0.900. The highest BCUT2D eigenvalue weighted by Gasteiger charge is 2.71. The number of carbonyl (C=O) groups excluding carboxylic acids is 1. The first-order valence-corrected chi connectivity index (χ1v) is 13.6. The molecule has 0 unspecified atom stereocenters. The van der Waals surface area contributed by atoms with Gasteiger partial charge in [-0.15, -0.1) is 0 Å². The highest BCUT2D eigenvalue weighted by molar-refractivity contribution is 5.86. The normalized spacial score (nSPS) is 56.6. The van der Waals surface area contributed by atoms with E-state index in [0.717, 1.165) is 18.3 Å². The summed E-state index contributed by atoms with van der Waals surface area (Å²) < 4.78 is 0. The number of hydrogen-bond donors (Lipinski definition) is 1. The molecule has 32 heavy (non-hydrogen) atoms. The molecule has 5 aliphatic rings. The molecule has 2 heteroatoms. The Bertz CT molecular complexity index is 842. The molecule has 0 aliphatic heterocycles. The maximum Gasteiger partial charge on any atom is 0.141 e. The highest BCUT2D eigenvalue weighted by Crippen LogP contribution is 2.77. The molecule has 5 fully saturated rings. The lowest BCUT2D eigenvalue weighted by molar-refractivity contribution is -0.254. The van der Waals surface area contributed by atoms with Gasteiger partial charge in [0.05, 0.1) is 6.10 Å². The molecule has 0 amide bonds. The van der Waals surface area contributed by atoms with Crippen LogP contribution in [-0.2, 0) is 4.79 Å². The van der Waals surface area contributed by atoms with Crippen molar-refractivity contribution in [3.63, 3.8) is 0 Å². The Morgan fingerprint density at radius 2 is 1.56 bits per heavy atom. The molecule has 0 saturated heterocycles. The van der Waals surface area contributed by atoms with Crippen LogP contribution >= 0.6 is 0 Å². The maximum atomic E-state index is 12.9. The van der Waals surface area contributed by atoms with E-state index in [1.807, 2.05) is 0 Å². The number of rotatable bonds is 1. The average molecular weight is 441 g/mol. The molecule has 0 radical (unpaired) electrons. The molecule has 5 rings (SSSR count). The molecule has 180 valence electrons. The Morgan fingerprint density at radius 3 is 2.22 bits per heavy atom. The minimum Gasteiger partial charge on any atom is -0.392 e. The van der Waals surface area contributed by atoms with Crippen molar-refractivity contribution in [3.8, 4) is 0 Å².